The average molecular weight is 246 g/mol. The minimum absolute atomic E-state index is 0.199. The predicted octanol–water partition coefficient (Wildman–Crippen LogP) is 1.93. The summed E-state index contributed by atoms with van der Waals surface area (Å²) >= 11 is 0. The molecule has 1 saturated heterocycles. The van der Waals surface area contributed by atoms with Crippen LogP contribution in [0, 0.1) is 6.92 Å². The van der Waals surface area contributed by atoms with Crippen molar-refractivity contribution in [1.82, 2.24) is 5.32 Å². The van der Waals surface area contributed by atoms with Crippen LogP contribution in [-0.2, 0) is 11.2 Å². The summed E-state index contributed by atoms with van der Waals surface area (Å²) in [4.78, 5) is 11.7. The third kappa shape index (κ3) is 2.91. The highest BCUT2D eigenvalue weighted by Crippen LogP contribution is 2.24. The number of primary amides is 1. The molecule has 1 aromatic rings. The zero-order valence-corrected chi connectivity index (χ0v) is 11.0. The van der Waals surface area contributed by atoms with E-state index in [1.165, 1.54) is 11.1 Å². The van der Waals surface area contributed by atoms with Gasteiger partial charge in [-0.05, 0) is 51.1 Å². The van der Waals surface area contributed by atoms with E-state index in [0.717, 1.165) is 38.6 Å². The van der Waals surface area contributed by atoms with Crippen molar-refractivity contribution in [3.05, 3.63) is 35.4 Å². The maximum absolute atomic E-state index is 11.7. The minimum atomic E-state index is -0.484. The van der Waals surface area contributed by atoms with Gasteiger partial charge in [0.15, 0.2) is 0 Å². The fraction of sp³-hybridized carbons (Fsp3) is 0.533. The first-order valence-electron chi connectivity index (χ1n) is 6.73. The molecule has 1 unspecified atom stereocenters. The molecule has 1 amide bonds. The second-order valence-corrected chi connectivity index (χ2v) is 5.32. The lowest BCUT2D eigenvalue weighted by Crippen LogP contribution is -2.57. The molecule has 1 fully saturated rings. The number of hydrogen-bond donors (Lipinski definition) is 2. The van der Waals surface area contributed by atoms with E-state index in [1.54, 1.807) is 0 Å². The Hall–Kier alpha value is -1.35. The Kier molecular flexibility index (Phi) is 4.02. The molecule has 0 saturated carbocycles. The molecule has 0 bridgehead atoms. The van der Waals surface area contributed by atoms with Crippen LogP contribution < -0.4 is 11.1 Å². The summed E-state index contributed by atoms with van der Waals surface area (Å²) in [5, 5.41) is 3.34. The lowest BCUT2D eigenvalue weighted by atomic mass is 9.83. The Morgan fingerprint density at radius 3 is 2.89 bits per heavy atom. The third-order valence-corrected chi connectivity index (χ3v) is 3.89. The molecule has 3 heteroatoms. The first-order valence-corrected chi connectivity index (χ1v) is 6.73. The Morgan fingerprint density at radius 1 is 1.44 bits per heavy atom. The Balaban J connectivity index is 2.04. The first-order chi connectivity index (χ1) is 8.62. The molecule has 1 aliphatic heterocycles. The van der Waals surface area contributed by atoms with Gasteiger partial charge < -0.3 is 11.1 Å². The van der Waals surface area contributed by atoms with E-state index >= 15 is 0 Å². The van der Waals surface area contributed by atoms with Gasteiger partial charge in [0.1, 0.15) is 0 Å². The molecule has 0 spiro atoms. The van der Waals surface area contributed by atoms with Gasteiger partial charge in [-0.2, -0.15) is 0 Å². The number of benzene rings is 1. The number of carbonyl (C=O) groups is 1. The van der Waals surface area contributed by atoms with Crippen LogP contribution in [0.3, 0.4) is 0 Å². The second kappa shape index (κ2) is 5.53. The highest BCUT2D eigenvalue weighted by molar-refractivity contribution is 5.84. The van der Waals surface area contributed by atoms with Crippen LogP contribution in [0.2, 0.25) is 0 Å². The fourth-order valence-electron chi connectivity index (χ4n) is 2.74. The summed E-state index contributed by atoms with van der Waals surface area (Å²) in [7, 11) is 0. The van der Waals surface area contributed by atoms with Crippen molar-refractivity contribution in [2.75, 3.05) is 6.54 Å². The second-order valence-electron chi connectivity index (χ2n) is 5.32. The predicted molar refractivity (Wildman–Crippen MR) is 73.3 cm³/mol. The van der Waals surface area contributed by atoms with Gasteiger partial charge in [0.25, 0.3) is 0 Å². The zero-order chi connectivity index (χ0) is 13.0. The van der Waals surface area contributed by atoms with E-state index < -0.39 is 5.54 Å². The lowest BCUT2D eigenvalue weighted by Gasteiger charge is -2.35. The quantitative estimate of drug-likeness (QED) is 0.853. The lowest BCUT2D eigenvalue weighted by molar-refractivity contribution is -0.125. The summed E-state index contributed by atoms with van der Waals surface area (Å²) in [5.41, 5.74) is 7.65. The Bertz CT molecular complexity index is 422. The van der Waals surface area contributed by atoms with Crippen molar-refractivity contribution in [3.8, 4) is 0 Å². The molecule has 3 N–H and O–H groups in total. The van der Waals surface area contributed by atoms with Crippen molar-refractivity contribution in [3.63, 3.8) is 0 Å². The number of rotatable bonds is 4. The normalized spacial score (nSPS) is 23.8. The number of nitrogens with two attached hydrogens (primary N) is 1. The molecule has 98 valence electrons. The summed E-state index contributed by atoms with van der Waals surface area (Å²) in [6, 6.07) is 8.45. The molecule has 0 radical (unpaired) electrons. The van der Waals surface area contributed by atoms with Crippen LogP contribution >= 0.6 is 0 Å². The van der Waals surface area contributed by atoms with Crippen molar-refractivity contribution in [1.29, 1.82) is 0 Å². The van der Waals surface area contributed by atoms with Gasteiger partial charge in [0, 0.05) is 0 Å². The first kappa shape index (κ1) is 13.1. The molecule has 2 rings (SSSR count). The molecule has 1 atom stereocenters. The number of piperidine rings is 1. The molecule has 1 aliphatic rings. The van der Waals surface area contributed by atoms with Crippen molar-refractivity contribution >= 4 is 5.91 Å². The number of aryl methyl sites for hydroxylation is 2. The molecular weight excluding hydrogens is 224 g/mol. The molecule has 0 aromatic heterocycles. The zero-order valence-electron chi connectivity index (χ0n) is 11.0. The number of hydrogen-bond acceptors (Lipinski definition) is 2. The van der Waals surface area contributed by atoms with Crippen LogP contribution in [0.5, 0.6) is 0 Å². The van der Waals surface area contributed by atoms with Crippen molar-refractivity contribution < 1.29 is 4.79 Å². The average Bonchev–Trinajstić information content (AvgIpc) is 2.37. The van der Waals surface area contributed by atoms with Crippen molar-refractivity contribution in [2.24, 2.45) is 5.73 Å². The van der Waals surface area contributed by atoms with E-state index in [2.05, 4.69) is 36.5 Å². The summed E-state index contributed by atoms with van der Waals surface area (Å²) in [5.74, 6) is -0.199. The smallest absolute Gasteiger partial charge is 0.237 e. The van der Waals surface area contributed by atoms with Gasteiger partial charge in [0.05, 0.1) is 5.54 Å². The van der Waals surface area contributed by atoms with E-state index in [-0.39, 0.29) is 5.91 Å². The molecule has 18 heavy (non-hydrogen) atoms. The highest BCUT2D eigenvalue weighted by atomic mass is 16.1. The van der Waals surface area contributed by atoms with E-state index in [0.29, 0.717) is 0 Å². The van der Waals surface area contributed by atoms with Crippen LogP contribution in [0.25, 0.3) is 0 Å². The molecule has 0 aliphatic carbocycles. The minimum Gasteiger partial charge on any atom is -0.368 e. The summed E-state index contributed by atoms with van der Waals surface area (Å²) in [6.07, 6.45) is 4.79. The van der Waals surface area contributed by atoms with Crippen LogP contribution in [0.1, 0.15) is 36.8 Å². The maximum atomic E-state index is 11.7. The standard InChI is InChI=1S/C15H22N2O/c1-12-5-4-6-13(11-12)7-9-15(14(16)18)8-2-3-10-17-15/h4-6,11,17H,2-3,7-10H2,1H3,(H2,16,18). The fourth-order valence-corrected chi connectivity index (χ4v) is 2.74. The van der Waals surface area contributed by atoms with Crippen molar-refractivity contribution in [2.45, 2.75) is 44.6 Å². The van der Waals surface area contributed by atoms with Gasteiger partial charge in [0.2, 0.25) is 5.91 Å². The topological polar surface area (TPSA) is 55.1 Å². The Morgan fingerprint density at radius 2 is 2.28 bits per heavy atom. The maximum Gasteiger partial charge on any atom is 0.237 e. The molecule has 1 heterocycles. The Labute approximate surface area is 109 Å². The number of carbonyl (C=O) groups excluding carboxylic acids is 1. The van der Waals surface area contributed by atoms with Crippen LogP contribution in [-0.4, -0.2) is 18.0 Å². The van der Waals surface area contributed by atoms with Crippen LogP contribution in [0.15, 0.2) is 24.3 Å². The summed E-state index contributed by atoms with van der Waals surface area (Å²) < 4.78 is 0. The largest absolute Gasteiger partial charge is 0.368 e. The third-order valence-electron chi connectivity index (χ3n) is 3.89. The molecule has 1 aromatic carbocycles. The van der Waals surface area contributed by atoms with Gasteiger partial charge in [-0.15, -0.1) is 0 Å². The molecular formula is C15H22N2O. The van der Waals surface area contributed by atoms with Gasteiger partial charge >= 0.3 is 0 Å². The van der Waals surface area contributed by atoms with Crippen LogP contribution in [0.4, 0.5) is 0 Å². The van der Waals surface area contributed by atoms with Gasteiger partial charge in [-0.3, -0.25) is 4.79 Å². The van der Waals surface area contributed by atoms with E-state index in [9.17, 15) is 4.79 Å². The highest BCUT2D eigenvalue weighted by Gasteiger charge is 2.36. The monoisotopic (exact) mass is 246 g/mol. The molecule has 3 nitrogen and oxygen atoms in total. The van der Waals surface area contributed by atoms with E-state index in [4.69, 9.17) is 5.73 Å². The number of amides is 1. The summed E-state index contributed by atoms with van der Waals surface area (Å²) in [6.45, 7) is 2.99. The van der Waals surface area contributed by atoms with Gasteiger partial charge in [-0.25, -0.2) is 0 Å². The van der Waals surface area contributed by atoms with E-state index in [1.807, 2.05) is 0 Å². The number of nitrogens with one attached hydrogen (secondary N) is 1. The van der Waals surface area contributed by atoms with Gasteiger partial charge in [-0.1, -0.05) is 29.8 Å². The SMILES string of the molecule is Cc1cccc(CCC2(C(N)=O)CCCCN2)c1.